The fraction of sp³-hybridized carbons (Fsp3) is 0.433. The molecule has 6 rings (SSSR count). The maximum Gasteiger partial charge on any atom is 0.490 e. The van der Waals surface area contributed by atoms with Gasteiger partial charge in [0.05, 0.1) is 4.58 Å². The zero-order chi connectivity index (χ0) is 29.9. The van der Waals surface area contributed by atoms with Crippen molar-refractivity contribution in [1.29, 1.82) is 0 Å². The summed E-state index contributed by atoms with van der Waals surface area (Å²) < 4.78 is 44.8. The Bertz CT molecular complexity index is 1410. The molecule has 2 fully saturated rings. The zero-order valence-electron chi connectivity index (χ0n) is 22.6. The minimum absolute atomic E-state index is 0.123. The average Bonchev–Trinajstić information content (AvgIpc) is 3.61. The van der Waals surface area contributed by atoms with Crippen LogP contribution in [-0.2, 0) is 11.2 Å². The van der Waals surface area contributed by atoms with E-state index in [9.17, 15) is 18.3 Å². The Morgan fingerprint density at radius 1 is 1.12 bits per heavy atom. The molecule has 0 unspecified atom stereocenters. The van der Waals surface area contributed by atoms with Crippen LogP contribution in [0.4, 0.5) is 13.2 Å². The summed E-state index contributed by atoms with van der Waals surface area (Å²) in [7, 11) is 0. The molecule has 0 aliphatic carbocycles. The summed E-state index contributed by atoms with van der Waals surface area (Å²) in [6, 6.07) is 18.7. The highest BCUT2D eigenvalue weighted by Crippen LogP contribution is 2.50. The molecule has 0 saturated carbocycles. The SMILES string of the molecule is O=C(O)C(F)(F)F.O[C@H](COc1ccc2ccccc2c1C1SCCS1)CN1CCC2(CC1)Cc1cc(Cl)ccc1O2. The molecular formula is C30H31ClF3NO5S2. The van der Waals surface area contributed by atoms with Gasteiger partial charge < -0.3 is 24.6 Å². The van der Waals surface area contributed by atoms with Crippen molar-refractivity contribution in [2.24, 2.45) is 0 Å². The molecular weight excluding hydrogens is 611 g/mol. The van der Waals surface area contributed by atoms with E-state index in [-0.39, 0.29) is 5.60 Å². The first-order chi connectivity index (χ1) is 20.0. The van der Waals surface area contributed by atoms with Gasteiger partial charge in [0.25, 0.3) is 0 Å². The van der Waals surface area contributed by atoms with Crippen LogP contribution in [0.15, 0.2) is 54.6 Å². The van der Waals surface area contributed by atoms with Gasteiger partial charge in [-0.05, 0) is 40.6 Å². The molecule has 0 amide bonds. The monoisotopic (exact) mass is 641 g/mol. The van der Waals surface area contributed by atoms with E-state index >= 15 is 0 Å². The number of likely N-dealkylation sites (tertiary alicyclic amines) is 1. The largest absolute Gasteiger partial charge is 0.490 e. The number of carboxylic acid groups (broad SMARTS) is 1. The van der Waals surface area contributed by atoms with Crippen LogP contribution in [0.5, 0.6) is 11.5 Å². The first kappa shape index (κ1) is 31.1. The van der Waals surface area contributed by atoms with Crippen molar-refractivity contribution in [3.63, 3.8) is 0 Å². The number of aliphatic carboxylic acids is 1. The highest BCUT2D eigenvalue weighted by Gasteiger charge is 2.42. The highest BCUT2D eigenvalue weighted by molar-refractivity contribution is 8.19. The number of aliphatic hydroxyl groups excluding tert-OH is 1. The predicted molar refractivity (Wildman–Crippen MR) is 161 cm³/mol. The number of rotatable bonds is 6. The lowest BCUT2D eigenvalue weighted by molar-refractivity contribution is -0.192. The number of β-amino-alcohol motifs (C(OH)–C–C–N with tert-alkyl or cyclic N) is 1. The third kappa shape index (κ3) is 7.42. The molecule has 0 aromatic heterocycles. The van der Waals surface area contributed by atoms with Crippen LogP contribution in [-0.4, -0.2) is 76.7 Å². The Morgan fingerprint density at radius 3 is 2.50 bits per heavy atom. The van der Waals surface area contributed by atoms with Crippen LogP contribution in [0.1, 0.15) is 28.6 Å². The number of alkyl halides is 3. The zero-order valence-corrected chi connectivity index (χ0v) is 25.0. The van der Waals surface area contributed by atoms with Gasteiger partial charge in [0.1, 0.15) is 29.8 Å². The van der Waals surface area contributed by atoms with E-state index in [0.717, 1.165) is 48.9 Å². The number of hydrogen-bond donors (Lipinski definition) is 2. The van der Waals surface area contributed by atoms with Crippen LogP contribution in [0.3, 0.4) is 0 Å². The van der Waals surface area contributed by atoms with Gasteiger partial charge in [-0.25, -0.2) is 4.79 Å². The topological polar surface area (TPSA) is 79.2 Å². The molecule has 6 nitrogen and oxygen atoms in total. The van der Waals surface area contributed by atoms with E-state index in [1.54, 1.807) is 0 Å². The lowest BCUT2D eigenvalue weighted by Gasteiger charge is -2.39. The molecule has 1 atom stereocenters. The number of aliphatic hydroxyl groups is 1. The number of nitrogens with zero attached hydrogens (tertiary/aromatic N) is 1. The maximum absolute atomic E-state index is 10.8. The van der Waals surface area contributed by atoms with Gasteiger partial charge in [0.15, 0.2) is 0 Å². The first-order valence-electron chi connectivity index (χ1n) is 13.6. The molecule has 0 bridgehead atoms. The van der Waals surface area contributed by atoms with Gasteiger partial charge in [-0.3, -0.25) is 0 Å². The Morgan fingerprint density at radius 2 is 1.81 bits per heavy atom. The first-order valence-corrected chi connectivity index (χ1v) is 16.1. The lowest BCUT2D eigenvalue weighted by atomic mass is 9.87. The summed E-state index contributed by atoms with van der Waals surface area (Å²) in [5.41, 5.74) is 2.35. The second-order valence-corrected chi connectivity index (χ2v) is 13.7. The van der Waals surface area contributed by atoms with Gasteiger partial charge in [-0.2, -0.15) is 13.2 Å². The minimum Gasteiger partial charge on any atom is -0.490 e. The summed E-state index contributed by atoms with van der Waals surface area (Å²) in [6.45, 7) is 2.74. The number of hydrogen-bond acceptors (Lipinski definition) is 7. The van der Waals surface area contributed by atoms with Crippen LogP contribution in [0.2, 0.25) is 5.02 Å². The summed E-state index contributed by atoms with van der Waals surface area (Å²) in [4.78, 5) is 11.2. The molecule has 3 aromatic carbocycles. The van der Waals surface area contributed by atoms with Gasteiger partial charge in [0, 0.05) is 61.0 Å². The number of carboxylic acids is 1. The molecule has 3 aliphatic heterocycles. The van der Waals surface area contributed by atoms with Gasteiger partial charge in [0.2, 0.25) is 0 Å². The van der Waals surface area contributed by atoms with Gasteiger partial charge in [-0.15, -0.1) is 23.5 Å². The van der Waals surface area contributed by atoms with E-state index in [1.165, 1.54) is 33.4 Å². The van der Waals surface area contributed by atoms with E-state index in [4.69, 9.17) is 31.0 Å². The van der Waals surface area contributed by atoms with Crippen molar-refractivity contribution >= 4 is 51.9 Å². The van der Waals surface area contributed by atoms with Crippen molar-refractivity contribution in [2.75, 3.05) is 37.7 Å². The predicted octanol–water partition coefficient (Wildman–Crippen LogP) is 6.81. The Kier molecular flexibility index (Phi) is 9.73. The van der Waals surface area contributed by atoms with Gasteiger partial charge >= 0.3 is 12.1 Å². The number of thioether (sulfide) groups is 2. The summed E-state index contributed by atoms with van der Waals surface area (Å²) in [5, 5.41) is 21.2. The molecule has 2 saturated heterocycles. The van der Waals surface area contributed by atoms with Crippen LogP contribution < -0.4 is 9.47 Å². The highest BCUT2D eigenvalue weighted by atomic mass is 35.5. The third-order valence-corrected chi connectivity index (χ3v) is 10.8. The van der Waals surface area contributed by atoms with Crippen molar-refractivity contribution < 1.29 is 37.7 Å². The van der Waals surface area contributed by atoms with E-state index in [1.807, 2.05) is 41.7 Å². The van der Waals surface area contributed by atoms with E-state index in [2.05, 4.69) is 41.3 Å². The van der Waals surface area contributed by atoms with Crippen LogP contribution >= 0.6 is 35.1 Å². The van der Waals surface area contributed by atoms with Crippen molar-refractivity contribution in [2.45, 2.75) is 41.7 Å². The lowest BCUT2D eigenvalue weighted by Crippen LogP contribution is -2.49. The summed E-state index contributed by atoms with van der Waals surface area (Å²) in [6.07, 6.45) is -2.78. The molecule has 3 heterocycles. The molecule has 2 N–H and O–H groups in total. The number of benzene rings is 3. The molecule has 0 radical (unpaired) electrons. The average molecular weight is 642 g/mol. The number of carbonyl (C=O) groups is 1. The molecule has 3 aliphatic rings. The number of ether oxygens (including phenoxy) is 2. The Hall–Kier alpha value is -2.31. The second-order valence-electron chi connectivity index (χ2n) is 10.6. The number of piperidine rings is 1. The standard InChI is InChI=1S/C28H30ClNO3S2.C2HF3O2/c29-21-6-8-24-20(15-21)16-28(33-24)9-11-30(12-10-28)17-22(31)18-32-25-7-5-19-3-1-2-4-23(19)26(25)27-34-13-14-35-27;3-2(4,5)1(6)7/h1-8,15,22,27,31H,9-14,16-18H2;(H,6,7)/t22-;/m0./s1. The Labute approximate surface area is 255 Å². The van der Waals surface area contributed by atoms with Crippen molar-refractivity contribution in [1.82, 2.24) is 4.90 Å². The number of halogens is 4. The quantitative estimate of drug-likeness (QED) is 0.304. The van der Waals surface area contributed by atoms with Crippen LogP contribution in [0, 0.1) is 0 Å². The van der Waals surface area contributed by atoms with Crippen molar-refractivity contribution in [3.8, 4) is 11.5 Å². The molecule has 1 spiro atoms. The van der Waals surface area contributed by atoms with Gasteiger partial charge in [-0.1, -0.05) is 41.9 Å². The second kappa shape index (κ2) is 13.1. The smallest absolute Gasteiger partial charge is 0.490 e. The molecule has 42 heavy (non-hydrogen) atoms. The molecule has 12 heteroatoms. The van der Waals surface area contributed by atoms with Crippen LogP contribution in [0.25, 0.3) is 10.8 Å². The maximum atomic E-state index is 10.8. The van der Waals surface area contributed by atoms with E-state index in [0.29, 0.717) is 17.7 Å². The third-order valence-electron chi connectivity index (χ3n) is 7.56. The fourth-order valence-corrected chi connectivity index (χ4v) is 8.70. The summed E-state index contributed by atoms with van der Waals surface area (Å²) >= 11 is 10.1. The summed E-state index contributed by atoms with van der Waals surface area (Å²) in [5.74, 6) is 1.45. The fourth-order valence-electron chi connectivity index (χ4n) is 5.53. The Balaban J connectivity index is 0.000000451. The minimum atomic E-state index is -5.08. The van der Waals surface area contributed by atoms with Crippen molar-refractivity contribution in [3.05, 3.63) is 70.7 Å². The molecule has 226 valence electrons. The number of fused-ring (bicyclic) bond motifs is 2. The molecule has 3 aromatic rings. The normalized spacial score (nSPS) is 19.2. The van der Waals surface area contributed by atoms with E-state index < -0.39 is 18.2 Å².